The zero-order valence-corrected chi connectivity index (χ0v) is 21.0. The van der Waals surface area contributed by atoms with Gasteiger partial charge < -0.3 is 15.3 Å². The molecule has 0 radical (unpaired) electrons. The molecule has 6 aromatic carbocycles. The smallest absolute Gasteiger partial charge is 0.336 e. The number of hydrogen-bond donors (Lipinski definition) is 3. The van der Waals surface area contributed by atoms with E-state index in [0.717, 1.165) is 0 Å². The van der Waals surface area contributed by atoms with Gasteiger partial charge in [-0.15, -0.1) is 0 Å². The van der Waals surface area contributed by atoms with E-state index in [0.29, 0.717) is 54.9 Å². The maximum atomic E-state index is 13.5. The van der Waals surface area contributed by atoms with Crippen molar-refractivity contribution in [3.63, 3.8) is 0 Å². The second kappa shape index (κ2) is 9.55. The fourth-order valence-corrected chi connectivity index (χ4v) is 5.85. The minimum absolute atomic E-state index is 0.00459. The van der Waals surface area contributed by atoms with E-state index in [2.05, 4.69) is 0 Å². The van der Waals surface area contributed by atoms with Gasteiger partial charge in [0.05, 0.1) is 17.2 Å². The van der Waals surface area contributed by atoms with Crippen molar-refractivity contribution in [2.24, 2.45) is 0 Å². The summed E-state index contributed by atoms with van der Waals surface area (Å²) in [5.74, 6) is -2.65. The molecule has 40 heavy (non-hydrogen) atoms. The molecule has 0 saturated heterocycles. The standard InChI is InChI=1S/C33H22O7/c34-16-18-6-7-19-22-10-13-25(33(39)40)31-23(27(36)15-14-26(35)17-4-2-1-3-5-17)11-8-21(30(22)31)20-9-12-24(32(37)38)28(18)29(19)20/h1-13,16,26,35H,14-15H2,(H,37,38)(H,39,40). The molecule has 0 bridgehead atoms. The molecular weight excluding hydrogens is 508 g/mol. The Morgan fingerprint density at radius 3 is 1.68 bits per heavy atom. The molecule has 7 heteroatoms. The maximum absolute atomic E-state index is 13.5. The van der Waals surface area contributed by atoms with Crippen molar-refractivity contribution in [2.75, 3.05) is 0 Å². The van der Waals surface area contributed by atoms with E-state index in [-0.39, 0.29) is 40.9 Å². The summed E-state index contributed by atoms with van der Waals surface area (Å²) >= 11 is 0. The molecule has 6 aromatic rings. The summed E-state index contributed by atoms with van der Waals surface area (Å²) in [4.78, 5) is 49.8. The van der Waals surface area contributed by atoms with Crippen LogP contribution in [0.4, 0.5) is 0 Å². The quantitative estimate of drug-likeness (QED) is 0.0870. The van der Waals surface area contributed by atoms with Crippen LogP contribution in [0.25, 0.3) is 43.1 Å². The minimum atomic E-state index is -1.18. The third-order valence-electron chi connectivity index (χ3n) is 7.65. The van der Waals surface area contributed by atoms with Crippen LogP contribution in [0.3, 0.4) is 0 Å². The van der Waals surface area contributed by atoms with Gasteiger partial charge >= 0.3 is 11.9 Å². The molecule has 3 N–H and O–H groups in total. The van der Waals surface area contributed by atoms with Gasteiger partial charge in [-0.3, -0.25) is 9.59 Å². The molecule has 7 nitrogen and oxygen atoms in total. The monoisotopic (exact) mass is 530 g/mol. The highest BCUT2D eigenvalue weighted by molar-refractivity contribution is 6.38. The predicted octanol–water partition coefficient (Wildman–Crippen LogP) is 6.64. The van der Waals surface area contributed by atoms with Crippen molar-refractivity contribution < 1.29 is 34.5 Å². The molecular formula is C33H22O7. The molecule has 1 unspecified atom stereocenters. The zero-order chi connectivity index (χ0) is 28.1. The number of carboxylic acids is 2. The van der Waals surface area contributed by atoms with Crippen LogP contribution < -0.4 is 0 Å². The number of benzene rings is 6. The van der Waals surface area contributed by atoms with E-state index in [1.165, 1.54) is 12.1 Å². The van der Waals surface area contributed by atoms with Crippen molar-refractivity contribution >= 4 is 67.1 Å². The van der Waals surface area contributed by atoms with Gasteiger partial charge in [0.15, 0.2) is 12.1 Å². The lowest BCUT2D eigenvalue weighted by atomic mass is 9.83. The Bertz CT molecular complexity index is 1990. The van der Waals surface area contributed by atoms with E-state index >= 15 is 0 Å². The summed E-state index contributed by atoms with van der Waals surface area (Å²) in [7, 11) is 0. The number of carboxylic acid groups (broad SMARTS) is 2. The summed E-state index contributed by atoms with van der Waals surface area (Å²) < 4.78 is 0. The summed E-state index contributed by atoms with van der Waals surface area (Å²) in [6.45, 7) is 0. The molecule has 0 aliphatic rings. The number of Topliss-reactive ketones (excluding diaryl/α,β-unsaturated/α-hetero) is 1. The lowest BCUT2D eigenvalue weighted by Gasteiger charge is -2.19. The Labute approximate surface area is 227 Å². The van der Waals surface area contributed by atoms with Crippen LogP contribution in [0.5, 0.6) is 0 Å². The Hall–Kier alpha value is -5.14. The van der Waals surface area contributed by atoms with Crippen molar-refractivity contribution in [3.05, 3.63) is 107 Å². The summed E-state index contributed by atoms with van der Waals surface area (Å²) in [6, 6.07) is 21.8. The van der Waals surface area contributed by atoms with Crippen molar-refractivity contribution in [2.45, 2.75) is 18.9 Å². The number of fused-ring (bicyclic) bond motifs is 2. The number of aliphatic hydroxyl groups excluding tert-OH is 1. The zero-order valence-electron chi connectivity index (χ0n) is 21.0. The average Bonchev–Trinajstić information content (AvgIpc) is 2.97. The normalized spacial score (nSPS) is 12.3. The first kappa shape index (κ1) is 25.2. The first-order chi connectivity index (χ1) is 19.3. The Balaban J connectivity index is 1.62. The van der Waals surface area contributed by atoms with E-state index < -0.39 is 18.0 Å². The van der Waals surface area contributed by atoms with Crippen LogP contribution in [-0.2, 0) is 0 Å². The molecule has 0 aliphatic heterocycles. The molecule has 0 aliphatic carbocycles. The number of carbonyl (C=O) groups is 4. The van der Waals surface area contributed by atoms with Gasteiger partial charge in [-0.2, -0.15) is 0 Å². The number of aromatic carboxylic acids is 2. The highest BCUT2D eigenvalue weighted by atomic mass is 16.4. The van der Waals surface area contributed by atoms with Gasteiger partial charge in [-0.05, 0) is 56.4 Å². The van der Waals surface area contributed by atoms with Gasteiger partial charge in [-0.1, -0.05) is 66.7 Å². The summed E-state index contributed by atoms with van der Waals surface area (Å²) in [5, 5.41) is 34.9. The number of rotatable bonds is 8. The molecule has 1 atom stereocenters. The second-order valence-corrected chi connectivity index (χ2v) is 9.80. The molecule has 0 amide bonds. The van der Waals surface area contributed by atoms with E-state index in [1.54, 1.807) is 48.5 Å². The lowest BCUT2D eigenvalue weighted by Crippen LogP contribution is -2.08. The Kier molecular flexibility index (Phi) is 6.01. The number of aliphatic hydroxyl groups is 1. The molecule has 6 rings (SSSR count). The van der Waals surface area contributed by atoms with Crippen LogP contribution in [0, 0.1) is 0 Å². The second-order valence-electron chi connectivity index (χ2n) is 9.80. The molecule has 196 valence electrons. The van der Waals surface area contributed by atoms with Crippen LogP contribution in [0.2, 0.25) is 0 Å². The molecule has 0 fully saturated rings. The first-order valence-corrected chi connectivity index (χ1v) is 12.7. The van der Waals surface area contributed by atoms with E-state index in [9.17, 15) is 34.5 Å². The maximum Gasteiger partial charge on any atom is 0.336 e. The topological polar surface area (TPSA) is 129 Å². The van der Waals surface area contributed by atoms with Gasteiger partial charge in [0, 0.05) is 28.3 Å². The largest absolute Gasteiger partial charge is 0.478 e. The Morgan fingerprint density at radius 2 is 1.12 bits per heavy atom. The van der Waals surface area contributed by atoms with Gasteiger partial charge in [0.2, 0.25) is 0 Å². The fraction of sp³-hybridized carbons (Fsp3) is 0.0909. The van der Waals surface area contributed by atoms with Crippen molar-refractivity contribution in [3.8, 4) is 0 Å². The number of aldehydes is 1. The van der Waals surface area contributed by atoms with Crippen LogP contribution in [-0.4, -0.2) is 39.3 Å². The van der Waals surface area contributed by atoms with Crippen LogP contribution in [0.1, 0.15) is 65.9 Å². The van der Waals surface area contributed by atoms with Crippen molar-refractivity contribution in [1.82, 2.24) is 0 Å². The minimum Gasteiger partial charge on any atom is -0.478 e. The number of carbonyl (C=O) groups excluding carboxylic acids is 2. The number of hydrogen-bond acceptors (Lipinski definition) is 5. The van der Waals surface area contributed by atoms with Crippen LogP contribution >= 0.6 is 0 Å². The van der Waals surface area contributed by atoms with E-state index in [4.69, 9.17) is 0 Å². The third kappa shape index (κ3) is 3.79. The van der Waals surface area contributed by atoms with Crippen LogP contribution in [0.15, 0.2) is 78.9 Å². The molecule has 0 heterocycles. The average molecular weight is 531 g/mol. The highest BCUT2D eigenvalue weighted by Crippen LogP contribution is 2.44. The first-order valence-electron chi connectivity index (χ1n) is 12.7. The molecule has 0 saturated carbocycles. The van der Waals surface area contributed by atoms with Gasteiger partial charge in [-0.25, -0.2) is 9.59 Å². The SMILES string of the molecule is O=Cc1ccc2c3ccc(C(=O)O)c4c(C(=O)CCC(O)c5ccccc5)ccc(c5ccc(C(=O)O)c1c25)c43. The van der Waals surface area contributed by atoms with Gasteiger partial charge in [0.25, 0.3) is 0 Å². The summed E-state index contributed by atoms with van der Waals surface area (Å²) in [6.07, 6.45) is -0.0449. The predicted molar refractivity (Wildman–Crippen MR) is 152 cm³/mol. The van der Waals surface area contributed by atoms with Gasteiger partial charge in [0.1, 0.15) is 0 Å². The summed E-state index contributed by atoms with van der Waals surface area (Å²) in [5.41, 5.74) is 1.14. The third-order valence-corrected chi connectivity index (χ3v) is 7.65. The number of ketones is 1. The molecule has 0 spiro atoms. The molecule has 0 aromatic heterocycles. The lowest BCUT2D eigenvalue weighted by molar-refractivity contribution is 0.0688. The highest BCUT2D eigenvalue weighted by Gasteiger charge is 2.24. The fourth-order valence-electron chi connectivity index (χ4n) is 5.85. The van der Waals surface area contributed by atoms with Crippen molar-refractivity contribution in [1.29, 1.82) is 0 Å². The Morgan fingerprint density at radius 1 is 0.625 bits per heavy atom. The van der Waals surface area contributed by atoms with E-state index in [1.807, 2.05) is 18.2 Å².